The van der Waals surface area contributed by atoms with E-state index in [0.29, 0.717) is 26.0 Å². The molecule has 2 N–H and O–H groups in total. The van der Waals surface area contributed by atoms with Crippen molar-refractivity contribution >= 4 is 48.9 Å². The molecule has 0 bridgehead atoms. The molecule has 0 atom stereocenters. The van der Waals surface area contributed by atoms with Crippen LogP contribution in [0.25, 0.3) is 11.0 Å². The van der Waals surface area contributed by atoms with Gasteiger partial charge < -0.3 is 14.8 Å². The molecule has 0 aliphatic carbocycles. The van der Waals surface area contributed by atoms with Crippen molar-refractivity contribution in [2.75, 3.05) is 0 Å². The molecule has 3 rings (SSSR count). The van der Waals surface area contributed by atoms with Crippen LogP contribution in [0.2, 0.25) is 0 Å². The smallest absolute Gasteiger partial charge is 0.307 e. The highest BCUT2D eigenvalue weighted by Crippen LogP contribution is 2.38. The van der Waals surface area contributed by atoms with Gasteiger partial charge in [-0.2, -0.15) is 0 Å². The molecule has 1 heterocycles. The lowest BCUT2D eigenvalue weighted by molar-refractivity contribution is -0.136. The number of hydrogen-bond acceptors (Lipinski definition) is 3. The van der Waals surface area contributed by atoms with Crippen LogP contribution in [0.3, 0.4) is 0 Å². The Hall–Kier alpha value is -1.86. The summed E-state index contributed by atoms with van der Waals surface area (Å²) in [6.07, 6.45) is -0.0448. The SMILES string of the molecule is Cc1nc2ccc(Oc3c(Br)cc(CC(=O)O)cc3Br)cc2[nH]1. The van der Waals surface area contributed by atoms with E-state index in [4.69, 9.17) is 9.84 Å². The van der Waals surface area contributed by atoms with Gasteiger partial charge >= 0.3 is 5.97 Å². The maximum atomic E-state index is 10.8. The molecule has 7 heteroatoms. The van der Waals surface area contributed by atoms with Crippen LogP contribution >= 0.6 is 31.9 Å². The Morgan fingerprint density at radius 2 is 1.96 bits per heavy atom. The Morgan fingerprint density at radius 3 is 2.61 bits per heavy atom. The lowest BCUT2D eigenvalue weighted by Gasteiger charge is -2.11. The topological polar surface area (TPSA) is 75.2 Å². The van der Waals surface area contributed by atoms with E-state index in [2.05, 4.69) is 41.8 Å². The van der Waals surface area contributed by atoms with Gasteiger partial charge in [0.15, 0.2) is 5.75 Å². The summed E-state index contributed by atoms with van der Waals surface area (Å²) < 4.78 is 7.30. The van der Waals surface area contributed by atoms with E-state index in [-0.39, 0.29) is 6.42 Å². The van der Waals surface area contributed by atoms with E-state index in [1.807, 2.05) is 25.1 Å². The number of rotatable bonds is 4. The standard InChI is InChI=1S/C16H12Br2N2O3/c1-8-19-13-3-2-10(7-14(13)20-8)23-16-11(17)4-9(5-12(16)18)6-15(21)22/h2-5,7H,6H2,1H3,(H,19,20)(H,21,22). The van der Waals surface area contributed by atoms with E-state index >= 15 is 0 Å². The summed E-state index contributed by atoms with van der Waals surface area (Å²) in [7, 11) is 0. The van der Waals surface area contributed by atoms with Crippen molar-refractivity contribution in [3.05, 3.63) is 50.7 Å². The van der Waals surface area contributed by atoms with E-state index in [9.17, 15) is 4.79 Å². The zero-order valence-electron chi connectivity index (χ0n) is 12.1. The first kappa shape index (κ1) is 16.0. The lowest BCUT2D eigenvalue weighted by Crippen LogP contribution is -2.00. The first-order valence-electron chi connectivity index (χ1n) is 6.76. The van der Waals surface area contributed by atoms with E-state index < -0.39 is 5.97 Å². The van der Waals surface area contributed by atoms with Gasteiger partial charge in [-0.25, -0.2) is 4.98 Å². The van der Waals surface area contributed by atoms with Gasteiger partial charge in [0.1, 0.15) is 11.6 Å². The van der Waals surface area contributed by atoms with Crippen molar-refractivity contribution < 1.29 is 14.6 Å². The van der Waals surface area contributed by atoms with Crippen LogP contribution in [0.15, 0.2) is 39.3 Å². The predicted octanol–water partition coefficient (Wildman–Crippen LogP) is 4.82. The summed E-state index contributed by atoms with van der Waals surface area (Å²) in [5.41, 5.74) is 2.46. The molecule has 3 aromatic rings. The van der Waals surface area contributed by atoms with Crippen molar-refractivity contribution in [1.29, 1.82) is 0 Å². The first-order chi connectivity index (χ1) is 10.9. The minimum atomic E-state index is -0.877. The van der Waals surface area contributed by atoms with Gasteiger partial charge in [0.2, 0.25) is 0 Å². The summed E-state index contributed by atoms with van der Waals surface area (Å²) in [4.78, 5) is 18.3. The van der Waals surface area contributed by atoms with Gasteiger partial charge in [0.05, 0.1) is 26.4 Å². The minimum absolute atomic E-state index is 0.0448. The third-order valence-corrected chi connectivity index (χ3v) is 4.38. The number of halogens is 2. The van der Waals surface area contributed by atoms with Crippen LogP contribution in [-0.2, 0) is 11.2 Å². The average Bonchev–Trinajstić information content (AvgIpc) is 2.81. The molecule has 0 radical (unpaired) electrons. The van der Waals surface area contributed by atoms with Crippen LogP contribution < -0.4 is 4.74 Å². The summed E-state index contributed by atoms with van der Waals surface area (Å²) in [6, 6.07) is 9.08. The number of nitrogens with one attached hydrogen (secondary N) is 1. The van der Waals surface area contributed by atoms with Crippen molar-refractivity contribution in [1.82, 2.24) is 9.97 Å². The van der Waals surface area contributed by atoms with Gasteiger partial charge in [0.25, 0.3) is 0 Å². The summed E-state index contributed by atoms with van der Waals surface area (Å²) in [5, 5.41) is 8.88. The second-order valence-electron chi connectivity index (χ2n) is 5.06. The second-order valence-corrected chi connectivity index (χ2v) is 6.77. The highest BCUT2D eigenvalue weighted by molar-refractivity contribution is 9.11. The minimum Gasteiger partial charge on any atom is -0.481 e. The number of benzene rings is 2. The predicted molar refractivity (Wildman–Crippen MR) is 94.1 cm³/mol. The molecule has 0 saturated heterocycles. The van der Waals surface area contributed by atoms with Crippen molar-refractivity contribution in [3.63, 3.8) is 0 Å². The molecule has 0 saturated carbocycles. The number of fused-ring (bicyclic) bond motifs is 1. The zero-order valence-corrected chi connectivity index (χ0v) is 15.2. The number of ether oxygens (including phenoxy) is 1. The Morgan fingerprint density at radius 1 is 1.26 bits per heavy atom. The number of aromatic amines is 1. The third kappa shape index (κ3) is 3.56. The molecule has 0 unspecified atom stereocenters. The quantitative estimate of drug-likeness (QED) is 0.611. The number of aromatic nitrogens is 2. The number of imidazole rings is 1. The zero-order chi connectivity index (χ0) is 16.6. The Balaban J connectivity index is 1.92. The van der Waals surface area contributed by atoms with Gasteiger partial charge in [-0.15, -0.1) is 0 Å². The summed E-state index contributed by atoms with van der Waals surface area (Å²) >= 11 is 6.86. The van der Waals surface area contributed by atoms with Crippen molar-refractivity contribution in [2.45, 2.75) is 13.3 Å². The maximum absolute atomic E-state index is 10.8. The van der Waals surface area contributed by atoms with Crippen LogP contribution in [-0.4, -0.2) is 21.0 Å². The van der Waals surface area contributed by atoms with Crippen molar-refractivity contribution in [3.8, 4) is 11.5 Å². The van der Waals surface area contributed by atoms with E-state index in [0.717, 1.165) is 16.9 Å². The highest BCUT2D eigenvalue weighted by Gasteiger charge is 2.12. The molecular weight excluding hydrogens is 428 g/mol. The Labute approximate surface area is 148 Å². The summed E-state index contributed by atoms with van der Waals surface area (Å²) in [5.74, 6) is 1.22. The van der Waals surface area contributed by atoms with Crippen LogP contribution in [0.4, 0.5) is 0 Å². The Bertz CT molecular complexity index is 882. The molecule has 0 spiro atoms. The molecule has 1 aromatic heterocycles. The van der Waals surface area contributed by atoms with Crippen LogP contribution in [0.5, 0.6) is 11.5 Å². The maximum Gasteiger partial charge on any atom is 0.307 e. The van der Waals surface area contributed by atoms with Gasteiger partial charge in [-0.3, -0.25) is 4.79 Å². The van der Waals surface area contributed by atoms with Crippen molar-refractivity contribution in [2.24, 2.45) is 0 Å². The van der Waals surface area contributed by atoms with Gasteiger partial charge in [-0.05, 0) is 68.6 Å². The van der Waals surface area contributed by atoms with E-state index in [1.165, 1.54) is 0 Å². The van der Waals surface area contributed by atoms with Gasteiger partial charge in [-0.1, -0.05) is 0 Å². The fraction of sp³-hybridized carbons (Fsp3) is 0.125. The molecule has 2 aromatic carbocycles. The first-order valence-corrected chi connectivity index (χ1v) is 8.35. The fourth-order valence-corrected chi connectivity index (χ4v) is 3.73. The number of aliphatic carboxylic acids is 1. The number of carbonyl (C=O) groups is 1. The molecule has 23 heavy (non-hydrogen) atoms. The molecule has 5 nitrogen and oxygen atoms in total. The number of carboxylic acids is 1. The number of aryl methyl sites for hydroxylation is 1. The fourth-order valence-electron chi connectivity index (χ4n) is 2.28. The van der Waals surface area contributed by atoms with Gasteiger partial charge in [0, 0.05) is 6.07 Å². The number of carboxylic acid groups (broad SMARTS) is 1. The van der Waals surface area contributed by atoms with Crippen LogP contribution in [0, 0.1) is 6.92 Å². The number of hydrogen-bond donors (Lipinski definition) is 2. The molecule has 0 aliphatic heterocycles. The molecular formula is C16H12Br2N2O3. The summed E-state index contributed by atoms with van der Waals surface area (Å²) in [6.45, 7) is 1.90. The number of nitrogens with zero attached hydrogens (tertiary/aromatic N) is 1. The molecule has 0 aliphatic rings. The molecule has 0 fully saturated rings. The normalized spacial score (nSPS) is 10.9. The largest absolute Gasteiger partial charge is 0.481 e. The monoisotopic (exact) mass is 438 g/mol. The Kier molecular flexibility index (Phi) is 4.41. The molecule has 0 amide bonds. The highest BCUT2D eigenvalue weighted by atomic mass is 79.9. The van der Waals surface area contributed by atoms with Crippen LogP contribution in [0.1, 0.15) is 11.4 Å². The lowest BCUT2D eigenvalue weighted by atomic mass is 10.1. The molecule has 118 valence electrons. The second kappa shape index (κ2) is 6.33. The third-order valence-electron chi connectivity index (χ3n) is 3.21. The average molecular weight is 440 g/mol. The number of H-pyrrole nitrogens is 1. The van der Waals surface area contributed by atoms with E-state index in [1.54, 1.807) is 12.1 Å².